The molecule has 0 radical (unpaired) electrons. The van der Waals surface area contributed by atoms with Crippen LogP contribution in [-0.2, 0) is 0 Å². The van der Waals surface area contributed by atoms with Crippen LogP contribution >= 0.6 is 0 Å². The molecule has 0 aliphatic carbocycles. The number of aryl methyl sites for hydroxylation is 1. The summed E-state index contributed by atoms with van der Waals surface area (Å²) >= 11 is 0. The van der Waals surface area contributed by atoms with Crippen LogP contribution in [0.3, 0.4) is 0 Å². The topological polar surface area (TPSA) is 71.3 Å². The van der Waals surface area contributed by atoms with Gasteiger partial charge in [0.05, 0.1) is 4.92 Å². The van der Waals surface area contributed by atoms with Crippen molar-refractivity contribution in [3.05, 3.63) is 27.9 Å². The summed E-state index contributed by atoms with van der Waals surface area (Å²) < 4.78 is 0. The Labute approximate surface area is 101 Å². The molecule has 1 atom stereocenters. The average Bonchev–Trinajstić information content (AvgIpc) is 2.19. The first kappa shape index (κ1) is 13.4. The Hall–Kier alpha value is -1.69. The number of nitrogens with zero attached hydrogens (tertiary/aromatic N) is 3. The van der Waals surface area contributed by atoms with Crippen molar-refractivity contribution in [3.8, 4) is 0 Å². The average molecular weight is 238 g/mol. The second kappa shape index (κ2) is 5.58. The molecule has 0 aromatic carbocycles. The third-order valence-electron chi connectivity index (χ3n) is 2.30. The molecule has 1 unspecified atom stereocenters. The Morgan fingerprint density at radius 2 is 2.24 bits per heavy atom. The zero-order valence-electron chi connectivity index (χ0n) is 10.6. The number of nitro groups is 1. The van der Waals surface area contributed by atoms with Gasteiger partial charge in [0.2, 0.25) is 0 Å². The molecule has 1 aromatic heterocycles. The van der Waals surface area contributed by atoms with Crippen LogP contribution in [0.2, 0.25) is 0 Å². The molecule has 0 amide bonds. The van der Waals surface area contributed by atoms with Crippen LogP contribution in [0.4, 0.5) is 11.5 Å². The number of aromatic nitrogens is 1. The largest absolute Gasteiger partial charge is 0.366 e. The molecule has 0 aliphatic heterocycles. The van der Waals surface area contributed by atoms with E-state index in [9.17, 15) is 10.1 Å². The lowest BCUT2D eigenvalue weighted by Gasteiger charge is -2.19. The van der Waals surface area contributed by atoms with Gasteiger partial charge in [0.15, 0.2) is 0 Å². The van der Waals surface area contributed by atoms with Crippen LogP contribution in [-0.4, -0.2) is 41.5 Å². The van der Waals surface area contributed by atoms with E-state index in [0.717, 1.165) is 12.1 Å². The fourth-order valence-electron chi connectivity index (χ4n) is 1.64. The lowest BCUT2D eigenvalue weighted by molar-refractivity contribution is -0.385. The summed E-state index contributed by atoms with van der Waals surface area (Å²) in [5, 5.41) is 13.8. The van der Waals surface area contributed by atoms with Crippen LogP contribution < -0.4 is 5.32 Å². The van der Waals surface area contributed by atoms with E-state index < -0.39 is 4.92 Å². The SMILES string of the molecule is Cc1cc([N+](=O)[O-])cnc1NC(C)CN(C)C. The minimum atomic E-state index is -0.437. The summed E-state index contributed by atoms with van der Waals surface area (Å²) in [4.78, 5) is 16.3. The predicted octanol–water partition coefficient (Wildman–Crippen LogP) is 1.66. The summed E-state index contributed by atoms with van der Waals surface area (Å²) in [7, 11) is 3.99. The zero-order valence-corrected chi connectivity index (χ0v) is 10.6. The second-order valence-corrected chi connectivity index (χ2v) is 4.42. The number of nitrogens with one attached hydrogen (secondary N) is 1. The summed E-state index contributed by atoms with van der Waals surface area (Å²) in [5.74, 6) is 0.699. The smallest absolute Gasteiger partial charge is 0.287 e. The first-order valence-corrected chi connectivity index (χ1v) is 5.42. The van der Waals surface area contributed by atoms with E-state index in [1.54, 1.807) is 0 Å². The number of pyridine rings is 1. The highest BCUT2D eigenvalue weighted by molar-refractivity contribution is 5.48. The number of rotatable bonds is 5. The minimum absolute atomic E-state index is 0.0216. The third-order valence-corrected chi connectivity index (χ3v) is 2.30. The molecule has 1 N–H and O–H groups in total. The van der Waals surface area contributed by atoms with Crippen LogP contribution in [0.1, 0.15) is 12.5 Å². The van der Waals surface area contributed by atoms with E-state index in [-0.39, 0.29) is 11.7 Å². The lowest BCUT2D eigenvalue weighted by atomic mass is 10.2. The quantitative estimate of drug-likeness (QED) is 0.624. The maximum Gasteiger partial charge on any atom is 0.287 e. The highest BCUT2D eigenvalue weighted by atomic mass is 16.6. The molecule has 0 spiro atoms. The van der Waals surface area contributed by atoms with Gasteiger partial charge in [-0.2, -0.15) is 0 Å². The van der Waals surface area contributed by atoms with Crippen LogP contribution in [0.15, 0.2) is 12.3 Å². The molecule has 1 rings (SSSR count). The molecular formula is C11H18N4O2. The Morgan fingerprint density at radius 3 is 2.71 bits per heavy atom. The van der Waals surface area contributed by atoms with Crippen molar-refractivity contribution in [3.63, 3.8) is 0 Å². The second-order valence-electron chi connectivity index (χ2n) is 4.42. The molecule has 0 saturated carbocycles. The first-order chi connectivity index (χ1) is 7.90. The van der Waals surface area contributed by atoms with Crippen molar-refractivity contribution >= 4 is 11.5 Å². The number of hydrogen-bond donors (Lipinski definition) is 1. The maximum atomic E-state index is 10.6. The van der Waals surface area contributed by atoms with Crippen molar-refractivity contribution in [1.29, 1.82) is 0 Å². The molecule has 0 bridgehead atoms. The van der Waals surface area contributed by atoms with Gasteiger partial charge in [0.25, 0.3) is 5.69 Å². The maximum absolute atomic E-state index is 10.6. The van der Waals surface area contributed by atoms with Gasteiger partial charge in [-0.15, -0.1) is 0 Å². The molecule has 0 aliphatic rings. The van der Waals surface area contributed by atoms with Crippen LogP contribution in [0, 0.1) is 17.0 Å². The zero-order chi connectivity index (χ0) is 13.0. The predicted molar refractivity (Wildman–Crippen MR) is 67.3 cm³/mol. The van der Waals surface area contributed by atoms with Crippen molar-refractivity contribution in [2.75, 3.05) is 26.0 Å². The summed E-state index contributed by atoms with van der Waals surface area (Å²) in [5.41, 5.74) is 0.804. The fourth-order valence-corrected chi connectivity index (χ4v) is 1.64. The normalized spacial score (nSPS) is 12.5. The van der Waals surface area contributed by atoms with E-state index in [1.165, 1.54) is 12.3 Å². The molecule has 1 heterocycles. The Bertz CT molecular complexity index is 406. The molecule has 94 valence electrons. The molecule has 6 heteroatoms. The Kier molecular flexibility index (Phi) is 4.39. The van der Waals surface area contributed by atoms with Gasteiger partial charge in [0.1, 0.15) is 12.0 Å². The minimum Gasteiger partial charge on any atom is -0.366 e. The number of anilines is 1. The Balaban J connectivity index is 2.75. The van der Waals surface area contributed by atoms with Crippen LogP contribution in [0.5, 0.6) is 0 Å². The highest BCUT2D eigenvalue weighted by Gasteiger charge is 2.11. The fraction of sp³-hybridized carbons (Fsp3) is 0.545. The molecule has 0 fully saturated rings. The monoisotopic (exact) mass is 238 g/mol. The van der Waals surface area contributed by atoms with Gasteiger partial charge in [-0.05, 0) is 33.5 Å². The third kappa shape index (κ3) is 3.99. The van der Waals surface area contributed by atoms with E-state index in [0.29, 0.717) is 5.82 Å². The molecule has 17 heavy (non-hydrogen) atoms. The van der Waals surface area contributed by atoms with Gasteiger partial charge in [-0.3, -0.25) is 10.1 Å². The van der Waals surface area contributed by atoms with E-state index >= 15 is 0 Å². The summed E-state index contributed by atoms with van der Waals surface area (Å²) in [6, 6.07) is 1.76. The number of likely N-dealkylation sites (N-methyl/N-ethyl adjacent to an activating group) is 1. The molecular weight excluding hydrogens is 220 g/mol. The van der Waals surface area contributed by atoms with Gasteiger partial charge in [0, 0.05) is 18.7 Å². The molecule has 0 saturated heterocycles. The van der Waals surface area contributed by atoms with E-state index in [2.05, 4.69) is 15.2 Å². The van der Waals surface area contributed by atoms with Crippen molar-refractivity contribution < 1.29 is 4.92 Å². The summed E-state index contributed by atoms with van der Waals surface area (Å²) in [6.45, 7) is 4.73. The van der Waals surface area contributed by atoms with E-state index in [4.69, 9.17) is 0 Å². The van der Waals surface area contributed by atoms with Gasteiger partial charge in [-0.1, -0.05) is 0 Å². The lowest BCUT2D eigenvalue weighted by Crippen LogP contribution is -2.30. The molecule has 6 nitrogen and oxygen atoms in total. The van der Waals surface area contributed by atoms with Gasteiger partial charge in [-0.25, -0.2) is 4.98 Å². The van der Waals surface area contributed by atoms with Gasteiger partial charge < -0.3 is 10.2 Å². The standard InChI is InChI=1S/C11H18N4O2/c1-8-5-10(15(16)17)6-12-11(8)13-9(2)7-14(3)4/h5-6,9H,7H2,1-4H3,(H,12,13). The number of hydrogen-bond acceptors (Lipinski definition) is 5. The van der Waals surface area contributed by atoms with Crippen molar-refractivity contribution in [1.82, 2.24) is 9.88 Å². The van der Waals surface area contributed by atoms with Gasteiger partial charge >= 0.3 is 0 Å². The van der Waals surface area contributed by atoms with Crippen LogP contribution in [0.25, 0.3) is 0 Å². The first-order valence-electron chi connectivity index (χ1n) is 5.42. The molecule has 1 aromatic rings. The highest BCUT2D eigenvalue weighted by Crippen LogP contribution is 2.18. The summed E-state index contributed by atoms with van der Waals surface area (Å²) in [6.07, 6.45) is 1.28. The van der Waals surface area contributed by atoms with Crippen molar-refractivity contribution in [2.45, 2.75) is 19.9 Å². The Morgan fingerprint density at radius 1 is 1.59 bits per heavy atom. The van der Waals surface area contributed by atoms with E-state index in [1.807, 2.05) is 27.9 Å². The van der Waals surface area contributed by atoms with Crippen molar-refractivity contribution in [2.24, 2.45) is 0 Å².